The van der Waals surface area contributed by atoms with Gasteiger partial charge in [-0.05, 0) is 53.9 Å². The zero-order chi connectivity index (χ0) is 11.2. The van der Waals surface area contributed by atoms with Crippen molar-refractivity contribution in [1.29, 1.82) is 0 Å². The third kappa shape index (κ3) is 1.87. The van der Waals surface area contributed by atoms with Gasteiger partial charge in [0.2, 0.25) is 0 Å². The van der Waals surface area contributed by atoms with E-state index < -0.39 is 0 Å². The molecular formula is C14H19Br. The van der Waals surface area contributed by atoms with E-state index in [1.807, 2.05) is 0 Å². The van der Waals surface area contributed by atoms with E-state index in [-0.39, 0.29) is 0 Å². The van der Waals surface area contributed by atoms with Crippen LogP contribution in [0.2, 0.25) is 0 Å². The number of benzene rings is 1. The summed E-state index contributed by atoms with van der Waals surface area (Å²) in [6.45, 7) is 9.26. The number of hydrogen-bond donors (Lipinski definition) is 0. The number of rotatable bonds is 0. The molecule has 1 heteroatoms. The Hall–Kier alpha value is -0.300. The Kier molecular flexibility index (Phi) is 2.70. The summed E-state index contributed by atoms with van der Waals surface area (Å²) in [6.07, 6.45) is 2.62. The molecule has 0 fully saturated rings. The van der Waals surface area contributed by atoms with Gasteiger partial charge in [0.15, 0.2) is 0 Å². The van der Waals surface area contributed by atoms with E-state index in [0.29, 0.717) is 11.3 Å². The second-order valence-electron chi connectivity index (χ2n) is 5.51. The molecule has 82 valence electrons. The normalized spacial score (nSPS) is 23.7. The SMILES string of the molecule is Cc1cc2c(cc1Br)C(C)CCC2(C)C. The van der Waals surface area contributed by atoms with E-state index in [1.165, 1.54) is 22.9 Å². The number of hydrogen-bond acceptors (Lipinski definition) is 0. The molecule has 0 radical (unpaired) electrons. The molecule has 2 rings (SSSR count). The maximum absolute atomic E-state index is 3.64. The monoisotopic (exact) mass is 266 g/mol. The Bertz CT molecular complexity index is 391. The van der Waals surface area contributed by atoms with Crippen LogP contribution in [-0.2, 0) is 5.41 Å². The minimum Gasteiger partial charge on any atom is -0.0584 e. The van der Waals surface area contributed by atoms with Gasteiger partial charge in [0.05, 0.1) is 0 Å². The molecule has 0 bridgehead atoms. The molecule has 0 heterocycles. The fourth-order valence-electron chi connectivity index (χ4n) is 2.56. The summed E-state index contributed by atoms with van der Waals surface area (Å²) in [7, 11) is 0. The summed E-state index contributed by atoms with van der Waals surface area (Å²) < 4.78 is 1.26. The van der Waals surface area contributed by atoms with Gasteiger partial charge in [0.25, 0.3) is 0 Å². The van der Waals surface area contributed by atoms with E-state index in [0.717, 1.165) is 0 Å². The molecule has 0 aliphatic heterocycles. The summed E-state index contributed by atoms with van der Waals surface area (Å²) in [5.74, 6) is 0.713. The molecule has 1 aromatic carbocycles. The van der Waals surface area contributed by atoms with Gasteiger partial charge in [0, 0.05) is 4.47 Å². The zero-order valence-electron chi connectivity index (χ0n) is 10.0. The fraction of sp³-hybridized carbons (Fsp3) is 0.571. The van der Waals surface area contributed by atoms with Crippen molar-refractivity contribution in [2.45, 2.75) is 51.9 Å². The van der Waals surface area contributed by atoms with Crippen LogP contribution in [0.3, 0.4) is 0 Å². The lowest BCUT2D eigenvalue weighted by Crippen LogP contribution is -2.25. The molecule has 1 atom stereocenters. The second-order valence-corrected chi connectivity index (χ2v) is 6.37. The minimum absolute atomic E-state index is 0.354. The molecule has 0 saturated carbocycles. The molecule has 0 amide bonds. The highest BCUT2D eigenvalue weighted by molar-refractivity contribution is 9.10. The minimum atomic E-state index is 0.354. The van der Waals surface area contributed by atoms with Crippen LogP contribution in [0.25, 0.3) is 0 Å². The van der Waals surface area contributed by atoms with Gasteiger partial charge in [-0.3, -0.25) is 0 Å². The van der Waals surface area contributed by atoms with E-state index in [9.17, 15) is 0 Å². The average molecular weight is 267 g/mol. The molecular weight excluding hydrogens is 248 g/mol. The van der Waals surface area contributed by atoms with Crippen molar-refractivity contribution in [1.82, 2.24) is 0 Å². The Balaban J connectivity index is 2.63. The molecule has 0 aromatic heterocycles. The summed E-state index contributed by atoms with van der Waals surface area (Å²) in [6, 6.07) is 4.70. The lowest BCUT2D eigenvalue weighted by molar-refractivity contribution is 0.402. The Morgan fingerprint density at radius 3 is 2.67 bits per heavy atom. The maximum atomic E-state index is 3.64. The molecule has 1 unspecified atom stereocenters. The van der Waals surface area contributed by atoms with Crippen molar-refractivity contribution in [3.8, 4) is 0 Å². The predicted octanol–water partition coefficient (Wildman–Crippen LogP) is 4.93. The summed E-state index contributed by atoms with van der Waals surface area (Å²) in [5, 5.41) is 0. The largest absolute Gasteiger partial charge is 0.0584 e. The van der Waals surface area contributed by atoms with Crippen molar-refractivity contribution in [3.05, 3.63) is 33.3 Å². The number of fused-ring (bicyclic) bond motifs is 1. The van der Waals surface area contributed by atoms with Crippen LogP contribution < -0.4 is 0 Å². The first-order valence-corrected chi connectivity index (χ1v) is 6.51. The van der Waals surface area contributed by atoms with Crippen LogP contribution in [0, 0.1) is 6.92 Å². The van der Waals surface area contributed by atoms with Gasteiger partial charge in [0.1, 0.15) is 0 Å². The van der Waals surface area contributed by atoms with Gasteiger partial charge >= 0.3 is 0 Å². The highest BCUT2D eigenvalue weighted by atomic mass is 79.9. The summed E-state index contributed by atoms with van der Waals surface area (Å²) >= 11 is 3.64. The Morgan fingerprint density at radius 2 is 2.00 bits per heavy atom. The summed E-state index contributed by atoms with van der Waals surface area (Å²) in [5.41, 5.74) is 4.81. The molecule has 0 nitrogen and oxygen atoms in total. The molecule has 0 saturated heterocycles. The van der Waals surface area contributed by atoms with Crippen molar-refractivity contribution < 1.29 is 0 Å². The topological polar surface area (TPSA) is 0 Å². The quantitative estimate of drug-likeness (QED) is 0.625. The molecule has 0 spiro atoms. The van der Waals surface area contributed by atoms with Gasteiger partial charge in [-0.1, -0.05) is 42.8 Å². The predicted molar refractivity (Wildman–Crippen MR) is 69.6 cm³/mol. The molecule has 15 heavy (non-hydrogen) atoms. The van der Waals surface area contributed by atoms with Crippen molar-refractivity contribution in [2.75, 3.05) is 0 Å². The molecule has 1 aliphatic rings. The van der Waals surface area contributed by atoms with Crippen molar-refractivity contribution in [3.63, 3.8) is 0 Å². The van der Waals surface area contributed by atoms with Gasteiger partial charge in [-0.2, -0.15) is 0 Å². The third-order valence-electron chi connectivity index (χ3n) is 3.79. The van der Waals surface area contributed by atoms with Crippen LogP contribution in [0.5, 0.6) is 0 Å². The van der Waals surface area contributed by atoms with Crippen molar-refractivity contribution >= 4 is 15.9 Å². The van der Waals surface area contributed by atoms with Gasteiger partial charge in [-0.25, -0.2) is 0 Å². The first-order valence-electron chi connectivity index (χ1n) is 5.72. The highest BCUT2D eigenvalue weighted by Crippen LogP contribution is 2.43. The number of halogens is 1. The standard InChI is InChI=1S/C14H19Br/c1-9-5-6-14(3,4)12-7-10(2)13(15)8-11(9)12/h7-9H,5-6H2,1-4H3. The first-order chi connectivity index (χ1) is 6.92. The maximum Gasteiger partial charge on any atom is 0.0207 e. The third-order valence-corrected chi connectivity index (χ3v) is 4.65. The molecule has 0 N–H and O–H groups in total. The van der Waals surface area contributed by atoms with Crippen LogP contribution in [-0.4, -0.2) is 0 Å². The van der Waals surface area contributed by atoms with Gasteiger partial charge < -0.3 is 0 Å². The zero-order valence-corrected chi connectivity index (χ0v) is 11.6. The smallest absolute Gasteiger partial charge is 0.0207 e. The van der Waals surface area contributed by atoms with E-state index in [1.54, 1.807) is 11.1 Å². The molecule has 1 aliphatic carbocycles. The van der Waals surface area contributed by atoms with Crippen molar-refractivity contribution in [2.24, 2.45) is 0 Å². The number of aryl methyl sites for hydroxylation is 1. The Morgan fingerprint density at radius 1 is 1.33 bits per heavy atom. The summed E-state index contributed by atoms with van der Waals surface area (Å²) in [4.78, 5) is 0. The lowest BCUT2D eigenvalue weighted by atomic mass is 9.69. The van der Waals surface area contributed by atoms with E-state index >= 15 is 0 Å². The van der Waals surface area contributed by atoms with E-state index in [2.05, 4.69) is 55.8 Å². The lowest BCUT2D eigenvalue weighted by Gasteiger charge is -2.36. The van der Waals surface area contributed by atoms with Crippen LogP contribution in [0.15, 0.2) is 16.6 Å². The Labute approximate surface area is 101 Å². The molecule has 1 aromatic rings. The van der Waals surface area contributed by atoms with Crippen LogP contribution >= 0.6 is 15.9 Å². The van der Waals surface area contributed by atoms with Crippen LogP contribution in [0.4, 0.5) is 0 Å². The van der Waals surface area contributed by atoms with E-state index in [4.69, 9.17) is 0 Å². The fourth-order valence-corrected chi connectivity index (χ4v) is 2.92. The van der Waals surface area contributed by atoms with Crippen LogP contribution in [0.1, 0.15) is 56.2 Å². The first kappa shape index (κ1) is 11.2. The second kappa shape index (κ2) is 3.62. The van der Waals surface area contributed by atoms with Gasteiger partial charge in [-0.15, -0.1) is 0 Å². The highest BCUT2D eigenvalue weighted by Gasteiger charge is 2.31. The average Bonchev–Trinajstić information content (AvgIpc) is 2.16.